The van der Waals surface area contributed by atoms with Gasteiger partial charge in [-0.15, -0.1) is 0 Å². The minimum atomic E-state index is -3.14. The molecule has 0 bridgehead atoms. The van der Waals surface area contributed by atoms with Crippen LogP contribution in [0.15, 0.2) is 24.3 Å². The van der Waals surface area contributed by atoms with Gasteiger partial charge in [0, 0.05) is 21.1 Å². The third-order valence-corrected chi connectivity index (χ3v) is 8.72. The molecule has 6 heteroatoms. The fourth-order valence-corrected chi connectivity index (χ4v) is 5.52. The predicted octanol–water partition coefficient (Wildman–Crippen LogP) is 4.97. The Hall–Kier alpha value is 0.420. The fraction of sp³-hybridized carbons (Fsp3) is 0.600. The van der Waals surface area contributed by atoms with Crippen molar-refractivity contribution in [1.82, 2.24) is 0 Å². The molecular formula is C15H21Br2ClO2S. The molecule has 2 nitrogen and oxygen atoms in total. The highest BCUT2D eigenvalue weighted by atomic mass is 79.9. The Bertz CT molecular complexity index is 576. The molecule has 0 saturated heterocycles. The Morgan fingerprint density at radius 3 is 2.14 bits per heavy atom. The zero-order valence-corrected chi connectivity index (χ0v) is 17.2. The lowest BCUT2D eigenvalue weighted by Crippen LogP contribution is -2.37. The molecule has 0 aliphatic carbocycles. The Morgan fingerprint density at radius 1 is 1.14 bits per heavy atom. The van der Waals surface area contributed by atoms with E-state index < -0.39 is 14.6 Å². The molecule has 1 aromatic carbocycles. The fourth-order valence-electron chi connectivity index (χ4n) is 1.92. The van der Waals surface area contributed by atoms with Crippen molar-refractivity contribution in [2.75, 3.05) is 16.4 Å². The van der Waals surface area contributed by atoms with E-state index in [-0.39, 0.29) is 11.2 Å². The van der Waals surface area contributed by atoms with Gasteiger partial charge in [0.25, 0.3) is 0 Å². The molecule has 21 heavy (non-hydrogen) atoms. The smallest absolute Gasteiger partial charge is 0.155 e. The first-order valence-corrected chi connectivity index (χ1v) is 11.0. The number of alkyl halides is 2. The lowest BCUT2D eigenvalue weighted by molar-refractivity contribution is 0.512. The highest BCUT2D eigenvalue weighted by Crippen LogP contribution is 2.35. The molecule has 0 aliphatic heterocycles. The summed E-state index contributed by atoms with van der Waals surface area (Å²) in [6.07, 6.45) is 0.545. The van der Waals surface area contributed by atoms with Crippen molar-refractivity contribution in [3.05, 3.63) is 34.9 Å². The molecule has 0 unspecified atom stereocenters. The SMILES string of the molecule is CC(C)(C)S(=O)(=O)CCC(CBr)(CBr)c1cccc(Cl)c1. The minimum absolute atomic E-state index is 0.153. The average Bonchev–Trinajstić information content (AvgIpc) is 2.39. The van der Waals surface area contributed by atoms with Gasteiger partial charge in [0.15, 0.2) is 9.84 Å². The van der Waals surface area contributed by atoms with E-state index in [4.69, 9.17) is 11.6 Å². The Kier molecular flexibility index (Phi) is 6.79. The summed E-state index contributed by atoms with van der Waals surface area (Å²) >= 11 is 13.2. The first-order chi connectivity index (χ1) is 9.58. The van der Waals surface area contributed by atoms with Crippen molar-refractivity contribution < 1.29 is 8.42 Å². The van der Waals surface area contributed by atoms with E-state index in [0.717, 1.165) is 5.56 Å². The van der Waals surface area contributed by atoms with Crippen molar-refractivity contribution in [2.24, 2.45) is 0 Å². The van der Waals surface area contributed by atoms with E-state index in [1.165, 1.54) is 0 Å². The van der Waals surface area contributed by atoms with Gasteiger partial charge < -0.3 is 0 Å². The van der Waals surface area contributed by atoms with E-state index in [0.29, 0.717) is 22.1 Å². The summed E-state index contributed by atoms with van der Waals surface area (Å²) in [5.41, 5.74) is 0.760. The van der Waals surface area contributed by atoms with Gasteiger partial charge in [0.2, 0.25) is 0 Å². The lowest BCUT2D eigenvalue weighted by Gasteiger charge is -2.32. The molecule has 0 atom stereocenters. The van der Waals surface area contributed by atoms with E-state index in [2.05, 4.69) is 31.9 Å². The number of hydrogen-bond acceptors (Lipinski definition) is 2. The minimum Gasteiger partial charge on any atom is -0.228 e. The van der Waals surface area contributed by atoms with Gasteiger partial charge in [0.05, 0.1) is 10.5 Å². The van der Waals surface area contributed by atoms with Crippen LogP contribution in [0.1, 0.15) is 32.8 Å². The first kappa shape index (κ1) is 19.5. The normalized spacial score (nSPS) is 13.4. The van der Waals surface area contributed by atoms with Gasteiger partial charge >= 0.3 is 0 Å². The summed E-state index contributed by atoms with van der Waals surface area (Å²) in [4.78, 5) is 0. The molecular weight excluding hydrogens is 439 g/mol. The van der Waals surface area contributed by atoms with Crippen molar-refractivity contribution in [3.63, 3.8) is 0 Å². The Balaban J connectivity index is 3.09. The molecule has 0 N–H and O–H groups in total. The summed E-state index contributed by atoms with van der Waals surface area (Å²) < 4.78 is 24.0. The second-order valence-corrected chi connectivity index (χ2v) is 10.7. The van der Waals surface area contributed by atoms with Crippen molar-refractivity contribution in [2.45, 2.75) is 37.4 Å². The van der Waals surface area contributed by atoms with Gasteiger partial charge in [-0.25, -0.2) is 8.42 Å². The molecule has 0 spiro atoms. The molecule has 0 amide bonds. The lowest BCUT2D eigenvalue weighted by atomic mass is 9.82. The zero-order valence-electron chi connectivity index (χ0n) is 12.5. The van der Waals surface area contributed by atoms with E-state index in [1.807, 2.05) is 24.3 Å². The predicted molar refractivity (Wildman–Crippen MR) is 98.9 cm³/mol. The van der Waals surface area contributed by atoms with Gasteiger partial charge in [-0.1, -0.05) is 55.6 Å². The number of rotatable bonds is 6. The molecule has 0 fully saturated rings. The third-order valence-electron chi connectivity index (χ3n) is 3.73. The van der Waals surface area contributed by atoms with Gasteiger partial charge in [-0.05, 0) is 44.9 Å². The second-order valence-electron chi connectivity index (χ2n) is 6.24. The van der Waals surface area contributed by atoms with Crippen LogP contribution in [0.4, 0.5) is 0 Å². The van der Waals surface area contributed by atoms with Crippen LogP contribution in [-0.2, 0) is 15.3 Å². The van der Waals surface area contributed by atoms with E-state index >= 15 is 0 Å². The summed E-state index contributed by atoms with van der Waals surface area (Å²) in [5, 5.41) is 2.01. The maximum atomic E-state index is 12.4. The molecule has 0 radical (unpaired) electrons. The number of halogens is 3. The zero-order chi connectivity index (χ0) is 16.3. The standard InChI is InChI=1S/C15H21Br2ClO2S/c1-14(2,3)21(19,20)8-7-15(10-16,11-17)12-5-4-6-13(18)9-12/h4-6,9H,7-8,10-11H2,1-3H3. The molecule has 1 rings (SSSR count). The van der Waals surface area contributed by atoms with Crippen LogP contribution in [0.3, 0.4) is 0 Å². The summed E-state index contributed by atoms with van der Waals surface area (Å²) in [7, 11) is -3.14. The van der Waals surface area contributed by atoms with Gasteiger partial charge in [0.1, 0.15) is 0 Å². The Labute approximate surface area is 149 Å². The molecule has 120 valence electrons. The maximum absolute atomic E-state index is 12.4. The number of benzene rings is 1. The van der Waals surface area contributed by atoms with Crippen molar-refractivity contribution >= 4 is 53.3 Å². The third kappa shape index (κ3) is 4.69. The van der Waals surface area contributed by atoms with Crippen LogP contribution >= 0.6 is 43.5 Å². The van der Waals surface area contributed by atoms with Crippen LogP contribution in [-0.4, -0.2) is 29.6 Å². The quantitative estimate of drug-likeness (QED) is 0.562. The largest absolute Gasteiger partial charge is 0.228 e. The summed E-state index contributed by atoms with van der Waals surface area (Å²) in [6.45, 7) is 5.23. The number of hydrogen-bond donors (Lipinski definition) is 0. The summed E-state index contributed by atoms with van der Waals surface area (Å²) in [6, 6.07) is 7.63. The highest BCUT2D eigenvalue weighted by molar-refractivity contribution is 9.09. The van der Waals surface area contributed by atoms with E-state index in [1.54, 1.807) is 20.8 Å². The first-order valence-electron chi connectivity index (χ1n) is 6.68. The van der Waals surface area contributed by atoms with Crippen LogP contribution in [0, 0.1) is 0 Å². The van der Waals surface area contributed by atoms with E-state index in [9.17, 15) is 8.42 Å². The highest BCUT2D eigenvalue weighted by Gasteiger charge is 2.35. The maximum Gasteiger partial charge on any atom is 0.155 e. The summed E-state index contributed by atoms with van der Waals surface area (Å²) in [5.74, 6) is 0.153. The average molecular weight is 461 g/mol. The molecule has 0 saturated carbocycles. The number of sulfone groups is 1. The topological polar surface area (TPSA) is 34.1 Å². The van der Waals surface area contributed by atoms with Crippen LogP contribution in [0.2, 0.25) is 5.02 Å². The molecule has 0 heterocycles. The van der Waals surface area contributed by atoms with Crippen molar-refractivity contribution in [3.8, 4) is 0 Å². The Morgan fingerprint density at radius 2 is 1.71 bits per heavy atom. The molecule has 0 aliphatic rings. The van der Waals surface area contributed by atoms with Crippen LogP contribution in [0.25, 0.3) is 0 Å². The van der Waals surface area contributed by atoms with Crippen LogP contribution < -0.4 is 0 Å². The second kappa shape index (κ2) is 7.33. The van der Waals surface area contributed by atoms with Crippen LogP contribution in [0.5, 0.6) is 0 Å². The molecule has 0 aromatic heterocycles. The molecule has 1 aromatic rings. The van der Waals surface area contributed by atoms with Crippen molar-refractivity contribution in [1.29, 1.82) is 0 Å². The van der Waals surface area contributed by atoms with Gasteiger partial charge in [-0.2, -0.15) is 0 Å². The monoisotopic (exact) mass is 458 g/mol. The van der Waals surface area contributed by atoms with Gasteiger partial charge in [-0.3, -0.25) is 0 Å².